The van der Waals surface area contributed by atoms with E-state index < -0.39 is 11.7 Å². The summed E-state index contributed by atoms with van der Waals surface area (Å²) < 4.78 is 38.8. The topological polar surface area (TPSA) is 22.1 Å². The van der Waals surface area contributed by atoms with Gasteiger partial charge in [0.1, 0.15) is 0 Å². The number of nitrogens with zero attached hydrogens (tertiary/aromatic N) is 4. The quantitative estimate of drug-likeness (QED) is 0.491. The van der Waals surface area contributed by atoms with E-state index in [4.69, 9.17) is 0 Å². The van der Waals surface area contributed by atoms with Crippen LogP contribution in [-0.4, -0.2) is 74.3 Å². The fourth-order valence-corrected chi connectivity index (χ4v) is 4.98. The molecule has 1 fully saturated rings. The highest BCUT2D eigenvalue weighted by Gasteiger charge is 2.30. The van der Waals surface area contributed by atoms with Crippen LogP contribution in [0.3, 0.4) is 0 Å². The Morgan fingerprint density at radius 2 is 1.75 bits per heavy atom. The van der Waals surface area contributed by atoms with Gasteiger partial charge < -0.3 is 9.80 Å². The molecule has 0 aromatic heterocycles. The number of allylic oxidation sites excluding steroid dienone is 1. The molecule has 0 radical (unpaired) electrons. The number of hydrogen-bond donors (Lipinski definition) is 0. The Morgan fingerprint density at radius 1 is 1.06 bits per heavy atom. The van der Waals surface area contributed by atoms with Crippen molar-refractivity contribution in [2.75, 3.05) is 46.8 Å². The molecule has 0 saturated carbocycles. The summed E-state index contributed by atoms with van der Waals surface area (Å²) in [5.41, 5.74) is 2.85. The van der Waals surface area contributed by atoms with Crippen molar-refractivity contribution in [3.05, 3.63) is 46.7 Å². The van der Waals surface area contributed by atoms with Crippen LogP contribution in [0.15, 0.2) is 40.5 Å². The Bertz CT molecular complexity index is 780. The van der Waals surface area contributed by atoms with Gasteiger partial charge in [0.05, 0.1) is 5.56 Å². The van der Waals surface area contributed by atoms with Gasteiger partial charge in [-0.15, -0.1) is 0 Å². The number of likely N-dealkylation sites (N-methyl/N-ethyl adjacent to an activating group) is 1. The fraction of sp³-hybridized carbons (Fsp3) is 0.640. The molecule has 0 N–H and O–H groups in total. The molecule has 1 heterocycles. The fourth-order valence-electron chi connectivity index (χ4n) is 4.98. The summed E-state index contributed by atoms with van der Waals surface area (Å²) in [6.45, 7) is 9.14. The summed E-state index contributed by atoms with van der Waals surface area (Å²) in [4.78, 5) is 11.4. The molecule has 0 spiro atoms. The average molecular weight is 451 g/mol. The van der Waals surface area contributed by atoms with Gasteiger partial charge in [-0.2, -0.15) is 13.2 Å². The molecule has 1 aromatic carbocycles. The molecule has 1 aliphatic heterocycles. The van der Waals surface area contributed by atoms with Crippen molar-refractivity contribution in [2.24, 2.45) is 4.99 Å². The lowest BCUT2D eigenvalue weighted by Gasteiger charge is -2.36. The maximum atomic E-state index is 12.9. The number of benzene rings is 1. The van der Waals surface area contributed by atoms with Gasteiger partial charge in [-0.3, -0.25) is 9.89 Å². The van der Waals surface area contributed by atoms with E-state index in [1.165, 1.54) is 36.2 Å². The smallest absolute Gasteiger partial charge is 0.303 e. The van der Waals surface area contributed by atoms with Crippen molar-refractivity contribution in [2.45, 2.75) is 57.3 Å². The van der Waals surface area contributed by atoms with Gasteiger partial charge in [-0.25, -0.2) is 0 Å². The van der Waals surface area contributed by atoms with E-state index >= 15 is 0 Å². The van der Waals surface area contributed by atoms with E-state index in [0.29, 0.717) is 12.6 Å². The average Bonchev–Trinajstić information content (AvgIpc) is 2.77. The Morgan fingerprint density at radius 3 is 2.41 bits per heavy atom. The van der Waals surface area contributed by atoms with Crippen LogP contribution in [0.2, 0.25) is 0 Å². The summed E-state index contributed by atoms with van der Waals surface area (Å²) in [6, 6.07) is 6.14. The van der Waals surface area contributed by atoms with Crippen LogP contribution >= 0.6 is 0 Å². The van der Waals surface area contributed by atoms with E-state index in [1.54, 1.807) is 6.07 Å². The maximum absolute atomic E-state index is 12.9. The van der Waals surface area contributed by atoms with Gasteiger partial charge in [-0.05, 0) is 83.1 Å². The lowest BCUT2D eigenvalue weighted by Crippen LogP contribution is -2.46. The number of rotatable bonds is 9. The van der Waals surface area contributed by atoms with Gasteiger partial charge in [0, 0.05) is 44.5 Å². The second-order valence-corrected chi connectivity index (χ2v) is 9.27. The molecule has 3 rings (SSSR count). The number of halogens is 3. The van der Waals surface area contributed by atoms with Gasteiger partial charge in [0.2, 0.25) is 0 Å². The predicted octanol–water partition coefficient (Wildman–Crippen LogP) is 5.06. The minimum absolute atomic E-state index is 0.429. The van der Waals surface area contributed by atoms with E-state index in [-0.39, 0.29) is 0 Å². The van der Waals surface area contributed by atoms with Gasteiger partial charge in [0.25, 0.3) is 0 Å². The second-order valence-electron chi connectivity index (χ2n) is 9.27. The minimum atomic E-state index is -4.28. The number of piperazine rings is 1. The largest absolute Gasteiger partial charge is 0.416 e. The van der Waals surface area contributed by atoms with Crippen molar-refractivity contribution in [3.63, 3.8) is 0 Å². The summed E-state index contributed by atoms with van der Waals surface area (Å²) in [7, 11) is 4.30. The molecule has 1 aromatic rings. The molecule has 32 heavy (non-hydrogen) atoms. The second kappa shape index (κ2) is 11.4. The third-order valence-electron chi connectivity index (χ3n) is 6.77. The summed E-state index contributed by atoms with van der Waals surface area (Å²) in [5.74, 6) is 0. The molecular formula is C25H37F3N4. The summed E-state index contributed by atoms with van der Waals surface area (Å²) >= 11 is 0. The Labute approximate surface area is 190 Å². The van der Waals surface area contributed by atoms with Crippen molar-refractivity contribution in [1.29, 1.82) is 0 Å². The number of alkyl halides is 3. The third-order valence-corrected chi connectivity index (χ3v) is 6.77. The van der Waals surface area contributed by atoms with E-state index in [1.807, 2.05) is 0 Å². The van der Waals surface area contributed by atoms with E-state index in [0.717, 1.165) is 70.0 Å². The highest BCUT2D eigenvalue weighted by atomic mass is 19.4. The molecule has 2 aliphatic rings. The van der Waals surface area contributed by atoms with Gasteiger partial charge >= 0.3 is 6.18 Å². The highest BCUT2D eigenvalue weighted by Crippen LogP contribution is 2.31. The van der Waals surface area contributed by atoms with Gasteiger partial charge in [0.15, 0.2) is 0 Å². The normalized spacial score (nSPS) is 20.1. The molecule has 7 heteroatoms. The van der Waals surface area contributed by atoms with Crippen molar-refractivity contribution in [1.82, 2.24) is 14.7 Å². The predicted molar refractivity (Wildman–Crippen MR) is 125 cm³/mol. The van der Waals surface area contributed by atoms with Crippen LogP contribution in [0.5, 0.6) is 0 Å². The molecular weight excluding hydrogens is 413 g/mol. The Balaban J connectivity index is 1.45. The first-order valence-corrected chi connectivity index (χ1v) is 11.7. The van der Waals surface area contributed by atoms with Crippen LogP contribution in [0, 0.1) is 0 Å². The van der Waals surface area contributed by atoms with Gasteiger partial charge in [-0.1, -0.05) is 18.2 Å². The SMILES string of the molecule is C=NC1=C(C(CCCN2CCN(Cc3cccc(C(F)(F)F)c3)CC2)N(C)C)CCCC1. The summed E-state index contributed by atoms with van der Waals surface area (Å²) in [5, 5.41) is 0. The van der Waals surface area contributed by atoms with Crippen LogP contribution in [0.1, 0.15) is 49.7 Å². The third kappa shape index (κ3) is 6.90. The van der Waals surface area contributed by atoms with Crippen LogP contribution < -0.4 is 0 Å². The highest BCUT2D eigenvalue weighted by molar-refractivity contribution is 5.33. The van der Waals surface area contributed by atoms with Crippen LogP contribution in [0.4, 0.5) is 13.2 Å². The number of hydrogen-bond acceptors (Lipinski definition) is 4. The van der Waals surface area contributed by atoms with E-state index in [2.05, 4.69) is 40.5 Å². The molecule has 1 saturated heterocycles. The maximum Gasteiger partial charge on any atom is 0.416 e. The molecule has 1 unspecified atom stereocenters. The Hall–Kier alpha value is -1.70. The molecule has 0 amide bonds. The monoisotopic (exact) mass is 450 g/mol. The molecule has 1 atom stereocenters. The first-order chi connectivity index (χ1) is 15.3. The number of aliphatic imine (C=N–C) groups is 1. The van der Waals surface area contributed by atoms with E-state index in [9.17, 15) is 13.2 Å². The lowest BCUT2D eigenvalue weighted by molar-refractivity contribution is -0.137. The molecule has 4 nitrogen and oxygen atoms in total. The van der Waals surface area contributed by atoms with Crippen LogP contribution in [-0.2, 0) is 12.7 Å². The zero-order chi connectivity index (χ0) is 23.1. The molecule has 1 aliphatic carbocycles. The lowest BCUT2D eigenvalue weighted by atomic mass is 9.88. The molecule has 178 valence electrons. The minimum Gasteiger partial charge on any atom is -0.303 e. The van der Waals surface area contributed by atoms with Crippen LogP contribution in [0.25, 0.3) is 0 Å². The first kappa shape index (κ1) is 24.9. The van der Waals surface area contributed by atoms with Crippen molar-refractivity contribution < 1.29 is 13.2 Å². The Kier molecular flexibility index (Phi) is 8.91. The van der Waals surface area contributed by atoms with Crippen molar-refractivity contribution in [3.8, 4) is 0 Å². The zero-order valence-corrected chi connectivity index (χ0v) is 19.5. The standard InChI is InChI=1S/C25H37F3N4/c1-29-23-11-5-4-10-22(23)24(30(2)3)12-7-13-31-14-16-32(17-15-31)19-20-8-6-9-21(18-20)25(26,27)28/h6,8-9,18,24H,1,4-5,7,10-17,19H2,2-3H3. The molecule has 0 bridgehead atoms. The van der Waals surface area contributed by atoms with Crippen molar-refractivity contribution >= 4 is 6.72 Å². The first-order valence-electron chi connectivity index (χ1n) is 11.7. The zero-order valence-electron chi connectivity index (χ0n) is 19.5. The summed E-state index contributed by atoms with van der Waals surface area (Å²) in [6.07, 6.45) is 2.60.